The minimum atomic E-state index is -0.643. The van der Waals surface area contributed by atoms with Gasteiger partial charge in [0.2, 0.25) is 0 Å². The molecule has 4 nitrogen and oxygen atoms in total. The van der Waals surface area contributed by atoms with Crippen LogP contribution in [0.1, 0.15) is 27.2 Å². The molecular weight excluding hydrogens is 201 g/mol. The minimum absolute atomic E-state index is 0.156. The van der Waals surface area contributed by atoms with Crippen molar-refractivity contribution in [2.24, 2.45) is 0 Å². The number of halogens is 1. The molecule has 1 N–H and O–H groups in total. The van der Waals surface area contributed by atoms with Crippen molar-refractivity contribution < 1.29 is 19.0 Å². The number of nitrogens with zero attached hydrogens (tertiary/aromatic N) is 1. The Morgan fingerprint density at radius 1 is 1.60 bits per heavy atom. The van der Waals surface area contributed by atoms with Gasteiger partial charge in [-0.2, -0.15) is 0 Å². The zero-order chi connectivity index (χ0) is 11.6. The fraction of sp³-hybridized carbons (Fsp3) is 0.900. The summed E-state index contributed by atoms with van der Waals surface area (Å²) >= 11 is 0. The summed E-state index contributed by atoms with van der Waals surface area (Å²) in [6.45, 7) is 4.77. The molecule has 1 saturated heterocycles. The number of carbonyl (C=O) groups excluding carboxylic acids is 1. The topological polar surface area (TPSA) is 49.8 Å². The van der Waals surface area contributed by atoms with Gasteiger partial charge >= 0.3 is 6.09 Å². The summed E-state index contributed by atoms with van der Waals surface area (Å²) in [4.78, 5) is 12.9. The number of hydrogen-bond acceptors (Lipinski definition) is 3. The molecule has 88 valence electrons. The monoisotopic (exact) mass is 219 g/mol. The van der Waals surface area contributed by atoms with Gasteiger partial charge in [0, 0.05) is 0 Å². The van der Waals surface area contributed by atoms with Gasteiger partial charge in [0.25, 0.3) is 0 Å². The van der Waals surface area contributed by atoms with Crippen molar-refractivity contribution in [3.8, 4) is 0 Å². The molecule has 1 aliphatic rings. The average molecular weight is 219 g/mol. The van der Waals surface area contributed by atoms with Gasteiger partial charge in [0.1, 0.15) is 12.3 Å². The predicted octanol–water partition coefficient (Wildman–Crippen LogP) is 1.33. The lowest BCUT2D eigenvalue weighted by molar-refractivity contribution is 0.0191. The lowest BCUT2D eigenvalue weighted by Crippen LogP contribution is -2.41. The molecule has 0 unspecified atom stereocenters. The first-order chi connectivity index (χ1) is 6.83. The molecule has 2 atom stereocenters. The largest absolute Gasteiger partial charge is 0.444 e. The maximum atomic E-state index is 12.6. The Bertz CT molecular complexity index is 239. The molecule has 0 spiro atoms. The molecule has 0 saturated carbocycles. The maximum Gasteiger partial charge on any atom is 0.410 e. The third kappa shape index (κ3) is 3.34. The first-order valence-corrected chi connectivity index (χ1v) is 5.07. The maximum absolute atomic E-state index is 12.6. The van der Waals surface area contributed by atoms with Crippen LogP contribution >= 0.6 is 0 Å². The van der Waals surface area contributed by atoms with E-state index in [0.29, 0.717) is 0 Å². The summed E-state index contributed by atoms with van der Waals surface area (Å²) in [6, 6.07) is -0.546. The van der Waals surface area contributed by atoms with Gasteiger partial charge in [-0.1, -0.05) is 0 Å². The Hall–Kier alpha value is -0.840. The lowest BCUT2D eigenvalue weighted by Gasteiger charge is -2.27. The second-order valence-corrected chi connectivity index (χ2v) is 4.83. The van der Waals surface area contributed by atoms with E-state index < -0.39 is 30.5 Å². The highest BCUT2D eigenvalue weighted by atomic mass is 19.1. The Morgan fingerprint density at radius 2 is 2.20 bits per heavy atom. The van der Waals surface area contributed by atoms with Crippen molar-refractivity contribution in [1.29, 1.82) is 0 Å². The van der Waals surface area contributed by atoms with Crippen molar-refractivity contribution in [3.63, 3.8) is 0 Å². The average Bonchev–Trinajstić information content (AvgIpc) is 2.43. The van der Waals surface area contributed by atoms with E-state index in [1.807, 2.05) is 0 Å². The summed E-state index contributed by atoms with van der Waals surface area (Å²) < 4.78 is 17.7. The number of likely N-dealkylation sites (tertiary alicyclic amines) is 1. The van der Waals surface area contributed by atoms with Crippen LogP contribution in [0.15, 0.2) is 0 Å². The van der Waals surface area contributed by atoms with Crippen LogP contribution in [0.25, 0.3) is 0 Å². The molecule has 1 heterocycles. The second-order valence-electron chi connectivity index (χ2n) is 4.83. The molecule has 15 heavy (non-hydrogen) atoms. The van der Waals surface area contributed by atoms with E-state index in [9.17, 15) is 14.3 Å². The van der Waals surface area contributed by atoms with Gasteiger partial charge in [-0.15, -0.1) is 0 Å². The smallest absolute Gasteiger partial charge is 0.410 e. The summed E-state index contributed by atoms with van der Waals surface area (Å²) in [6.07, 6.45) is -0.907. The summed E-state index contributed by atoms with van der Waals surface area (Å²) in [5.41, 5.74) is -0.592. The fourth-order valence-electron chi connectivity index (χ4n) is 1.58. The van der Waals surface area contributed by atoms with Gasteiger partial charge < -0.3 is 9.84 Å². The van der Waals surface area contributed by atoms with Crippen LogP contribution in [0.3, 0.4) is 0 Å². The quantitative estimate of drug-likeness (QED) is 0.723. The van der Waals surface area contributed by atoms with E-state index in [-0.39, 0.29) is 13.0 Å². The molecule has 0 aromatic heterocycles. The number of β-amino-alcohol motifs (C(OH)–C–C–N with tert-alkyl or cyclic N) is 1. The van der Waals surface area contributed by atoms with Crippen LogP contribution in [0.5, 0.6) is 0 Å². The van der Waals surface area contributed by atoms with Crippen molar-refractivity contribution >= 4 is 6.09 Å². The molecule has 0 radical (unpaired) electrons. The third-order valence-corrected chi connectivity index (χ3v) is 2.20. The first kappa shape index (κ1) is 12.2. The standard InChI is InChI=1S/C10H18FNO3/c1-10(2,3)15-9(14)12-6-8(13)4-7(12)5-11/h7-8,13H,4-6H2,1-3H3/t7-,8+/m0/s1. The molecule has 0 aliphatic carbocycles. The van der Waals surface area contributed by atoms with Crippen molar-refractivity contribution in [3.05, 3.63) is 0 Å². The van der Waals surface area contributed by atoms with Gasteiger partial charge in [-0.05, 0) is 27.2 Å². The van der Waals surface area contributed by atoms with Crippen LogP contribution in [0.4, 0.5) is 9.18 Å². The van der Waals surface area contributed by atoms with E-state index in [4.69, 9.17) is 4.74 Å². The van der Waals surface area contributed by atoms with E-state index in [1.165, 1.54) is 4.90 Å². The summed E-state index contributed by atoms with van der Waals surface area (Å²) in [5, 5.41) is 9.33. The second kappa shape index (κ2) is 4.35. The van der Waals surface area contributed by atoms with Crippen LogP contribution in [-0.4, -0.2) is 47.1 Å². The number of aliphatic hydroxyl groups is 1. The highest BCUT2D eigenvalue weighted by Gasteiger charge is 2.36. The van der Waals surface area contributed by atoms with Crippen molar-refractivity contribution in [2.45, 2.75) is 44.9 Å². The minimum Gasteiger partial charge on any atom is -0.444 e. The number of carbonyl (C=O) groups is 1. The van der Waals surface area contributed by atoms with Crippen molar-refractivity contribution in [2.75, 3.05) is 13.2 Å². The number of rotatable bonds is 1. The number of alkyl halides is 1. The zero-order valence-electron chi connectivity index (χ0n) is 9.36. The molecule has 1 aliphatic heterocycles. The molecule has 1 amide bonds. The highest BCUT2D eigenvalue weighted by molar-refractivity contribution is 5.69. The number of ether oxygens (including phenoxy) is 1. The Morgan fingerprint density at radius 3 is 2.67 bits per heavy atom. The fourth-order valence-corrected chi connectivity index (χ4v) is 1.58. The molecule has 5 heteroatoms. The summed E-state index contributed by atoms with van der Waals surface area (Å²) in [7, 11) is 0. The predicted molar refractivity (Wildman–Crippen MR) is 53.3 cm³/mol. The normalized spacial score (nSPS) is 26.9. The number of aliphatic hydroxyl groups excluding tert-OH is 1. The SMILES string of the molecule is CC(C)(C)OC(=O)N1C[C@H](O)C[C@H]1CF. The van der Waals surface area contributed by atoms with E-state index in [2.05, 4.69) is 0 Å². The van der Waals surface area contributed by atoms with Crippen LogP contribution < -0.4 is 0 Å². The van der Waals surface area contributed by atoms with E-state index >= 15 is 0 Å². The first-order valence-electron chi connectivity index (χ1n) is 5.07. The Kier molecular flexibility index (Phi) is 3.54. The number of amides is 1. The van der Waals surface area contributed by atoms with Crippen LogP contribution in [0, 0.1) is 0 Å². The van der Waals surface area contributed by atoms with Crippen LogP contribution in [0.2, 0.25) is 0 Å². The van der Waals surface area contributed by atoms with Gasteiger partial charge in [0.15, 0.2) is 0 Å². The molecular formula is C10H18FNO3. The third-order valence-electron chi connectivity index (χ3n) is 2.20. The van der Waals surface area contributed by atoms with E-state index in [0.717, 1.165) is 0 Å². The van der Waals surface area contributed by atoms with Gasteiger partial charge in [-0.25, -0.2) is 9.18 Å². The molecule has 0 aromatic rings. The molecule has 0 aromatic carbocycles. The Balaban J connectivity index is 2.59. The summed E-state index contributed by atoms with van der Waals surface area (Å²) in [5.74, 6) is 0. The number of hydrogen-bond donors (Lipinski definition) is 1. The van der Waals surface area contributed by atoms with Crippen molar-refractivity contribution in [1.82, 2.24) is 4.90 Å². The van der Waals surface area contributed by atoms with Gasteiger partial charge in [-0.3, -0.25) is 4.90 Å². The molecule has 1 rings (SSSR count). The highest BCUT2D eigenvalue weighted by Crippen LogP contribution is 2.21. The lowest BCUT2D eigenvalue weighted by atomic mass is 10.2. The molecule has 0 bridgehead atoms. The van der Waals surface area contributed by atoms with E-state index in [1.54, 1.807) is 20.8 Å². The molecule has 1 fully saturated rings. The van der Waals surface area contributed by atoms with Gasteiger partial charge in [0.05, 0.1) is 18.7 Å². The zero-order valence-corrected chi connectivity index (χ0v) is 9.36. The Labute approximate surface area is 89.0 Å². The van der Waals surface area contributed by atoms with Crippen LogP contribution in [-0.2, 0) is 4.74 Å².